The van der Waals surface area contributed by atoms with Crippen LogP contribution in [0.3, 0.4) is 0 Å². The fraction of sp³-hybridized carbons (Fsp3) is 0.250. The number of ether oxygens (including phenoxy) is 1. The molecule has 124 valence electrons. The molecule has 1 atom stereocenters. The van der Waals surface area contributed by atoms with Gasteiger partial charge in [0.2, 0.25) is 0 Å². The number of benzene rings is 1. The Morgan fingerprint density at radius 2 is 2.00 bits per heavy atom. The van der Waals surface area contributed by atoms with Gasteiger partial charge in [0.15, 0.2) is 17.6 Å². The second-order valence-electron chi connectivity index (χ2n) is 5.39. The number of aryl methyl sites for hydroxylation is 2. The summed E-state index contributed by atoms with van der Waals surface area (Å²) in [5, 5.41) is 4.47. The number of fused-ring (bicyclic) bond motifs is 1. The van der Waals surface area contributed by atoms with Crippen LogP contribution in [0.15, 0.2) is 35.1 Å². The number of carbonyl (C=O) groups is 1. The Kier molecular flexibility index (Phi) is 4.11. The third-order valence-electron chi connectivity index (χ3n) is 3.69. The van der Waals surface area contributed by atoms with E-state index in [4.69, 9.17) is 16.3 Å². The fourth-order valence-corrected chi connectivity index (χ4v) is 2.61. The zero-order valence-corrected chi connectivity index (χ0v) is 14.1. The molecule has 7 nitrogen and oxygen atoms in total. The van der Waals surface area contributed by atoms with E-state index >= 15 is 0 Å². The summed E-state index contributed by atoms with van der Waals surface area (Å²) in [5.74, 6) is -0.0337. The van der Waals surface area contributed by atoms with E-state index in [0.717, 1.165) is 15.7 Å². The van der Waals surface area contributed by atoms with Gasteiger partial charge in [-0.2, -0.15) is 5.10 Å². The van der Waals surface area contributed by atoms with Gasteiger partial charge >= 0.3 is 5.97 Å². The Balaban J connectivity index is 1.87. The predicted octanol–water partition coefficient (Wildman–Crippen LogP) is 2.24. The number of rotatable bonds is 3. The van der Waals surface area contributed by atoms with E-state index < -0.39 is 12.1 Å². The molecule has 0 unspecified atom stereocenters. The lowest BCUT2D eigenvalue weighted by Gasteiger charge is -2.13. The van der Waals surface area contributed by atoms with Gasteiger partial charge in [0.1, 0.15) is 0 Å². The molecule has 3 aromatic rings. The number of nitrogens with zero attached hydrogens (tertiary/aromatic N) is 4. The van der Waals surface area contributed by atoms with Crippen molar-refractivity contribution in [1.29, 1.82) is 0 Å². The minimum atomic E-state index is -0.622. The molecule has 24 heavy (non-hydrogen) atoms. The van der Waals surface area contributed by atoms with Crippen molar-refractivity contribution in [2.45, 2.75) is 13.0 Å². The van der Waals surface area contributed by atoms with Crippen LogP contribution in [0.1, 0.15) is 29.3 Å². The van der Waals surface area contributed by atoms with Crippen molar-refractivity contribution in [2.24, 2.45) is 14.1 Å². The van der Waals surface area contributed by atoms with Gasteiger partial charge in [0.25, 0.3) is 5.56 Å². The molecule has 0 saturated heterocycles. The first-order chi connectivity index (χ1) is 11.4. The molecule has 0 radical (unpaired) electrons. The average molecular weight is 347 g/mol. The van der Waals surface area contributed by atoms with E-state index in [-0.39, 0.29) is 11.3 Å². The smallest absolute Gasteiger partial charge is 0.359 e. The number of aromatic nitrogens is 4. The van der Waals surface area contributed by atoms with Crippen LogP contribution in [0, 0.1) is 0 Å². The Hall–Kier alpha value is -2.67. The van der Waals surface area contributed by atoms with Crippen LogP contribution in [0.2, 0.25) is 5.02 Å². The molecule has 0 N–H and O–H groups in total. The summed E-state index contributed by atoms with van der Waals surface area (Å²) in [7, 11) is 3.31. The minimum absolute atomic E-state index is 0.0609. The highest BCUT2D eigenvalue weighted by molar-refractivity contribution is 6.31. The lowest BCUT2D eigenvalue weighted by Crippen LogP contribution is -2.22. The van der Waals surface area contributed by atoms with Gasteiger partial charge in [-0.1, -0.05) is 11.6 Å². The normalized spacial score (nSPS) is 12.3. The van der Waals surface area contributed by atoms with E-state index in [9.17, 15) is 9.59 Å². The third-order valence-corrected chi connectivity index (χ3v) is 3.93. The quantitative estimate of drug-likeness (QED) is 0.679. The standard InChI is InChI=1S/C16H15ClN4O3/c1-9(24-16(23)11-5-7-14(22)21(3)19-11)15-18-12-8-10(17)4-6-13(12)20(15)2/h4-9H,1-3H3/t9-/m0/s1. The highest BCUT2D eigenvalue weighted by atomic mass is 35.5. The van der Waals surface area contributed by atoms with E-state index in [2.05, 4.69) is 10.1 Å². The summed E-state index contributed by atoms with van der Waals surface area (Å²) < 4.78 is 8.35. The molecule has 2 heterocycles. The SMILES string of the molecule is C[C@H](OC(=O)c1ccc(=O)n(C)n1)c1nc2cc(Cl)ccc2n1C. The van der Waals surface area contributed by atoms with E-state index in [1.807, 2.05) is 17.7 Å². The lowest BCUT2D eigenvalue weighted by molar-refractivity contribution is 0.0305. The zero-order valence-electron chi connectivity index (χ0n) is 13.4. The molecular formula is C16H15ClN4O3. The van der Waals surface area contributed by atoms with Crippen LogP contribution in [-0.2, 0) is 18.8 Å². The Morgan fingerprint density at radius 1 is 1.25 bits per heavy atom. The van der Waals surface area contributed by atoms with Gasteiger partial charge in [0.05, 0.1) is 11.0 Å². The average Bonchev–Trinajstić information content (AvgIpc) is 2.86. The van der Waals surface area contributed by atoms with Crippen molar-refractivity contribution in [1.82, 2.24) is 19.3 Å². The summed E-state index contributed by atoms with van der Waals surface area (Å²) in [6.45, 7) is 1.72. The highest BCUT2D eigenvalue weighted by Crippen LogP contribution is 2.24. The predicted molar refractivity (Wildman–Crippen MR) is 89.0 cm³/mol. The minimum Gasteiger partial charge on any atom is -0.450 e. The molecule has 3 rings (SSSR count). The second kappa shape index (κ2) is 6.09. The van der Waals surface area contributed by atoms with E-state index in [1.54, 1.807) is 19.1 Å². The maximum Gasteiger partial charge on any atom is 0.359 e. The molecule has 1 aromatic carbocycles. The molecule has 0 saturated carbocycles. The van der Waals surface area contributed by atoms with Gasteiger partial charge in [0, 0.05) is 25.2 Å². The Morgan fingerprint density at radius 3 is 2.71 bits per heavy atom. The third kappa shape index (κ3) is 2.90. The van der Waals surface area contributed by atoms with Gasteiger partial charge in [-0.25, -0.2) is 14.5 Å². The summed E-state index contributed by atoms with van der Waals surface area (Å²) >= 11 is 5.98. The van der Waals surface area contributed by atoms with Gasteiger partial charge in [-0.15, -0.1) is 0 Å². The molecule has 2 aromatic heterocycles. The van der Waals surface area contributed by atoms with E-state index in [0.29, 0.717) is 10.8 Å². The monoisotopic (exact) mass is 346 g/mol. The van der Waals surface area contributed by atoms with Crippen LogP contribution in [0.5, 0.6) is 0 Å². The zero-order chi connectivity index (χ0) is 17.4. The first kappa shape index (κ1) is 16.2. The molecule has 0 fully saturated rings. The molecule has 0 aliphatic carbocycles. The molecule has 0 bridgehead atoms. The first-order valence-electron chi connectivity index (χ1n) is 7.24. The van der Waals surface area contributed by atoms with Crippen molar-refractivity contribution >= 4 is 28.6 Å². The Labute approximate surface area is 142 Å². The second-order valence-corrected chi connectivity index (χ2v) is 5.83. The lowest BCUT2D eigenvalue weighted by atomic mass is 10.3. The number of hydrogen-bond acceptors (Lipinski definition) is 5. The highest BCUT2D eigenvalue weighted by Gasteiger charge is 2.20. The Bertz CT molecular complexity index is 993. The number of imidazole rings is 1. The number of hydrogen-bond donors (Lipinski definition) is 0. The summed E-state index contributed by atoms with van der Waals surface area (Å²) in [4.78, 5) is 28.0. The molecular weight excluding hydrogens is 332 g/mol. The molecule has 0 spiro atoms. The topological polar surface area (TPSA) is 79.0 Å². The van der Waals surface area contributed by atoms with Crippen molar-refractivity contribution in [3.63, 3.8) is 0 Å². The molecule has 8 heteroatoms. The molecule has 0 amide bonds. The van der Waals surface area contributed by atoms with Crippen LogP contribution >= 0.6 is 11.6 Å². The fourth-order valence-electron chi connectivity index (χ4n) is 2.44. The number of esters is 1. The molecule has 0 aliphatic heterocycles. The number of carbonyl (C=O) groups excluding carboxylic acids is 1. The molecule has 0 aliphatic rings. The summed E-state index contributed by atoms with van der Waals surface area (Å²) in [5.41, 5.74) is 1.37. The van der Waals surface area contributed by atoms with Gasteiger partial charge in [-0.05, 0) is 31.2 Å². The maximum absolute atomic E-state index is 12.2. The van der Waals surface area contributed by atoms with Crippen molar-refractivity contribution in [2.75, 3.05) is 0 Å². The van der Waals surface area contributed by atoms with E-state index in [1.165, 1.54) is 19.2 Å². The van der Waals surface area contributed by atoms with Crippen molar-refractivity contribution < 1.29 is 9.53 Å². The van der Waals surface area contributed by atoms with Crippen LogP contribution in [-0.4, -0.2) is 25.3 Å². The van der Waals surface area contributed by atoms with Crippen LogP contribution in [0.4, 0.5) is 0 Å². The van der Waals surface area contributed by atoms with Crippen molar-refractivity contribution in [3.05, 3.63) is 57.2 Å². The van der Waals surface area contributed by atoms with Crippen molar-refractivity contribution in [3.8, 4) is 0 Å². The van der Waals surface area contributed by atoms with Gasteiger partial charge < -0.3 is 9.30 Å². The van der Waals surface area contributed by atoms with Gasteiger partial charge in [-0.3, -0.25) is 4.79 Å². The summed E-state index contributed by atoms with van der Waals surface area (Å²) in [6.07, 6.45) is -0.590. The first-order valence-corrected chi connectivity index (χ1v) is 7.62. The van der Waals surface area contributed by atoms with Crippen LogP contribution < -0.4 is 5.56 Å². The summed E-state index contributed by atoms with van der Waals surface area (Å²) in [6, 6.07) is 8.00. The number of halogens is 1. The maximum atomic E-state index is 12.2. The van der Waals surface area contributed by atoms with Crippen LogP contribution in [0.25, 0.3) is 11.0 Å². The largest absolute Gasteiger partial charge is 0.450 e.